The average Bonchev–Trinajstić information content (AvgIpc) is 3.62. The van der Waals surface area contributed by atoms with Crippen LogP contribution in [0.4, 0.5) is 24.7 Å². The Bertz CT molecular complexity index is 1650. The lowest BCUT2D eigenvalue weighted by Crippen LogP contribution is -2.55. The number of aromatic nitrogens is 4. The van der Waals surface area contributed by atoms with Crippen LogP contribution in [0.15, 0.2) is 24.8 Å². The summed E-state index contributed by atoms with van der Waals surface area (Å²) in [5.74, 6) is 0.404. The van der Waals surface area contributed by atoms with Gasteiger partial charge in [0.1, 0.15) is 12.4 Å². The molecule has 0 aliphatic carbocycles. The number of nitrogens with zero attached hydrogens (tertiary/aromatic N) is 8. The van der Waals surface area contributed by atoms with Crippen LogP contribution in [0.2, 0.25) is 0 Å². The van der Waals surface area contributed by atoms with E-state index in [9.17, 15) is 23.2 Å². The summed E-state index contributed by atoms with van der Waals surface area (Å²) in [6.07, 6.45) is -0.705. The lowest BCUT2D eigenvalue weighted by atomic mass is 9.99. The maximum Gasteiger partial charge on any atom is 0.418 e. The highest BCUT2D eigenvalue weighted by atomic mass is 19.4. The molecule has 3 aliphatic heterocycles. The monoisotopic (exact) mass is 623 g/mol. The minimum absolute atomic E-state index is 0.0812. The Morgan fingerprint density at radius 1 is 1.20 bits per heavy atom. The standard InChI is InChI=1S/C31H36F3N9O2/c1-4-26(44)43-15-14-42(16-20(43)9-11-35)29-22-10-13-41(17-25(22)36-30(37-29)45-18-21-6-5-12-40(21)3)28-23(31(32,33)34)7-8-24-27(28)19(2)38-39-24/h4,7-8,20-21H,1,5-6,9-10,12-18H2,2-3H3,(H,38,39)/t20?,21-/m1/s1. The fraction of sp³-hybridized carbons (Fsp3) is 0.516. The van der Waals surface area contributed by atoms with Crippen LogP contribution in [0.1, 0.15) is 41.8 Å². The number of likely N-dealkylation sites (tertiary alicyclic amines) is 1. The Kier molecular flexibility index (Phi) is 8.30. The molecule has 0 spiro atoms. The molecule has 45 heavy (non-hydrogen) atoms. The quantitative estimate of drug-likeness (QED) is 0.392. The number of aryl methyl sites for hydroxylation is 1. The third-order valence-electron chi connectivity index (χ3n) is 9.16. The van der Waals surface area contributed by atoms with Crippen LogP contribution < -0.4 is 14.5 Å². The van der Waals surface area contributed by atoms with Gasteiger partial charge in [-0.05, 0) is 58.0 Å². The van der Waals surface area contributed by atoms with Gasteiger partial charge >= 0.3 is 12.2 Å². The van der Waals surface area contributed by atoms with Gasteiger partial charge in [-0.1, -0.05) is 6.58 Å². The van der Waals surface area contributed by atoms with E-state index in [1.165, 1.54) is 12.1 Å². The molecule has 2 aromatic heterocycles. The number of hydrogen-bond acceptors (Lipinski definition) is 9. The van der Waals surface area contributed by atoms with Crippen molar-refractivity contribution in [2.75, 3.05) is 56.2 Å². The van der Waals surface area contributed by atoms with Gasteiger partial charge in [0.25, 0.3) is 0 Å². The number of halogens is 3. The van der Waals surface area contributed by atoms with Crippen molar-refractivity contribution >= 4 is 28.3 Å². The van der Waals surface area contributed by atoms with Crippen molar-refractivity contribution in [1.29, 1.82) is 5.26 Å². The first-order valence-electron chi connectivity index (χ1n) is 15.2. The van der Waals surface area contributed by atoms with Crippen LogP contribution in [-0.4, -0.2) is 94.3 Å². The van der Waals surface area contributed by atoms with Crippen LogP contribution >= 0.6 is 0 Å². The van der Waals surface area contributed by atoms with Gasteiger partial charge in [0.15, 0.2) is 0 Å². The SMILES string of the molecule is C=CC(=O)N1CCN(c2nc(OC[C@H]3CCCN3C)nc3c2CCN(c2c(C(F)(F)F)ccc4n[nH]c(C)c24)C3)CC1CC#N. The van der Waals surface area contributed by atoms with E-state index in [4.69, 9.17) is 14.7 Å². The first-order valence-corrected chi connectivity index (χ1v) is 15.2. The van der Waals surface area contributed by atoms with Gasteiger partial charge in [-0.3, -0.25) is 9.89 Å². The summed E-state index contributed by atoms with van der Waals surface area (Å²) in [5.41, 5.74) is 1.80. The van der Waals surface area contributed by atoms with Crippen molar-refractivity contribution in [2.24, 2.45) is 0 Å². The highest BCUT2D eigenvalue weighted by Gasteiger charge is 2.39. The zero-order valence-corrected chi connectivity index (χ0v) is 25.4. The van der Waals surface area contributed by atoms with Gasteiger partial charge in [-0.25, -0.2) is 0 Å². The van der Waals surface area contributed by atoms with Crippen LogP contribution in [0.25, 0.3) is 10.9 Å². The molecule has 1 aromatic carbocycles. The molecule has 1 amide bonds. The first kappa shape index (κ1) is 30.6. The van der Waals surface area contributed by atoms with Gasteiger partial charge < -0.3 is 24.3 Å². The molecule has 14 heteroatoms. The third-order valence-corrected chi connectivity index (χ3v) is 9.16. The maximum atomic E-state index is 14.4. The van der Waals surface area contributed by atoms with E-state index in [0.29, 0.717) is 67.3 Å². The van der Waals surface area contributed by atoms with Crippen molar-refractivity contribution in [3.63, 3.8) is 0 Å². The zero-order chi connectivity index (χ0) is 31.9. The van der Waals surface area contributed by atoms with E-state index < -0.39 is 11.7 Å². The molecule has 238 valence electrons. The van der Waals surface area contributed by atoms with Crippen molar-refractivity contribution in [1.82, 2.24) is 30.0 Å². The van der Waals surface area contributed by atoms with Gasteiger partial charge in [0.05, 0.1) is 47.5 Å². The van der Waals surface area contributed by atoms with Gasteiger partial charge in [0.2, 0.25) is 5.91 Å². The lowest BCUT2D eigenvalue weighted by Gasteiger charge is -2.42. The first-order chi connectivity index (χ1) is 21.6. The zero-order valence-electron chi connectivity index (χ0n) is 25.4. The predicted molar refractivity (Wildman–Crippen MR) is 162 cm³/mol. The van der Waals surface area contributed by atoms with Crippen LogP contribution in [0.3, 0.4) is 0 Å². The van der Waals surface area contributed by atoms with E-state index in [1.807, 2.05) is 11.9 Å². The van der Waals surface area contributed by atoms with Crippen molar-refractivity contribution < 1.29 is 22.7 Å². The number of ether oxygens (including phenoxy) is 1. The number of H-pyrrole nitrogens is 1. The Labute approximate surface area is 259 Å². The molecule has 11 nitrogen and oxygen atoms in total. The molecule has 5 heterocycles. The number of nitrogens with one attached hydrogen (secondary N) is 1. The van der Waals surface area contributed by atoms with Crippen LogP contribution in [0.5, 0.6) is 6.01 Å². The number of hydrogen-bond donors (Lipinski definition) is 1. The highest BCUT2D eigenvalue weighted by Crippen LogP contribution is 2.43. The van der Waals surface area contributed by atoms with E-state index in [-0.39, 0.29) is 42.7 Å². The van der Waals surface area contributed by atoms with E-state index in [1.54, 1.807) is 16.7 Å². The number of aromatic amines is 1. The molecule has 1 unspecified atom stereocenters. The Morgan fingerprint density at radius 3 is 2.73 bits per heavy atom. The summed E-state index contributed by atoms with van der Waals surface area (Å²) in [5, 5.41) is 17.0. The molecule has 0 radical (unpaired) electrons. The number of fused-ring (bicyclic) bond motifs is 2. The van der Waals surface area contributed by atoms with E-state index in [2.05, 4.69) is 27.7 Å². The van der Waals surface area contributed by atoms with Crippen LogP contribution in [-0.2, 0) is 23.9 Å². The summed E-state index contributed by atoms with van der Waals surface area (Å²) in [4.78, 5) is 29.8. The normalized spacial score (nSPS) is 20.8. The molecule has 6 rings (SSSR count). The van der Waals surface area contributed by atoms with E-state index >= 15 is 0 Å². The largest absolute Gasteiger partial charge is 0.462 e. The topological polar surface area (TPSA) is 118 Å². The number of carbonyl (C=O) groups excluding carboxylic acids is 1. The molecule has 0 bridgehead atoms. The predicted octanol–water partition coefficient (Wildman–Crippen LogP) is 3.83. The minimum Gasteiger partial charge on any atom is -0.462 e. The summed E-state index contributed by atoms with van der Waals surface area (Å²) < 4.78 is 49.2. The second-order valence-corrected chi connectivity index (χ2v) is 11.9. The summed E-state index contributed by atoms with van der Waals surface area (Å²) >= 11 is 0. The molecule has 0 saturated carbocycles. The Balaban J connectivity index is 1.38. The minimum atomic E-state index is -4.57. The number of nitriles is 1. The van der Waals surface area contributed by atoms with Crippen LogP contribution in [0, 0.1) is 18.3 Å². The molecule has 3 aromatic rings. The smallest absolute Gasteiger partial charge is 0.418 e. The lowest BCUT2D eigenvalue weighted by molar-refractivity contribution is -0.137. The number of anilines is 2. The number of benzene rings is 1. The molecule has 1 N–H and O–H groups in total. The van der Waals surface area contributed by atoms with Gasteiger partial charge in [0, 0.05) is 48.9 Å². The summed E-state index contributed by atoms with van der Waals surface area (Å²) in [7, 11) is 2.05. The molecule has 2 fully saturated rings. The fourth-order valence-corrected chi connectivity index (χ4v) is 6.80. The highest BCUT2D eigenvalue weighted by molar-refractivity contribution is 5.96. The second kappa shape index (κ2) is 12.2. The van der Waals surface area contributed by atoms with Crippen molar-refractivity contribution in [3.05, 3.63) is 47.3 Å². The van der Waals surface area contributed by atoms with Gasteiger partial charge in [-0.2, -0.15) is 33.5 Å². The third kappa shape index (κ3) is 5.88. The van der Waals surface area contributed by atoms with Crippen molar-refractivity contribution in [2.45, 2.75) is 57.4 Å². The number of likely N-dealkylation sites (N-methyl/N-ethyl adjacent to an activating group) is 1. The van der Waals surface area contributed by atoms with Crippen molar-refractivity contribution in [3.8, 4) is 12.1 Å². The van der Waals surface area contributed by atoms with Gasteiger partial charge in [-0.15, -0.1) is 0 Å². The fourth-order valence-electron chi connectivity index (χ4n) is 6.80. The molecular weight excluding hydrogens is 587 g/mol. The Hall–Kier alpha value is -4.38. The number of rotatable bonds is 7. The number of piperazine rings is 1. The average molecular weight is 624 g/mol. The molecule has 2 atom stereocenters. The summed E-state index contributed by atoms with van der Waals surface area (Å²) in [6.45, 7) is 8.33. The molecule has 2 saturated heterocycles. The molecular formula is C31H36F3N9O2. The Morgan fingerprint density at radius 2 is 2.02 bits per heavy atom. The number of alkyl halides is 3. The maximum absolute atomic E-state index is 14.4. The number of carbonyl (C=O) groups is 1. The number of amides is 1. The van der Waals surface area contributed by atoms with E-state index in [0.717, 1.165) is 31.0 Å². The summed E-state index contributed by atoms with van der Waals surface area (Å²) in [6, 6.07) is 4.68. The second-order valence-electron chi connectivity index (χ2n) is 11.9. The molecule has 3 aliphatic rings.